The van der Waals surface area contributed by atoms with Crippen molar-refractivity contribution in [1.29, 1.82) is 0 Å². The van der Waals surface area contributed by atoms with E-state index < -0.39 is 35.7 Å². The summed E-state index contributed by atoms with van der Waals surface area (Å²) in [5.41, 5.74) is 0.554. The first kappa shape index (κ1) is 23.4. The zero-order valence-corrected chi connectivity index (χ0v) is 19.6. The molecule has 0 bridgehead atoms. The van der Waals surface area contributed by atoms with E-state index in [1.165, 1.54) is 0 Å². The van der Waals surface area contributed by atoms with Crippen molar-refractivity contribution in [3.63, 3.8) is 0 Å². The Hall–Kier alpha value is -0.903. The minimum Gasteiger partial charge on any atom is -0.597 e. The van der Waals surface area contributed by atoms with Gasteiger partial charge in [0.25, 0.3) is 0 Å². The minimum absolute atomic E-state index is 0.231. The molecule has 1 unspecified atom stereocenters. The fourth-order valence-corrected chi connectivity index (χ4v) is 4.98. The van der Waals surface area contributed by atoms with Crippen molar-refractivity contribution in [2.75, 3.05) is 26.6 Å². The maximum atomic E-state index is 13.4. The summed E-state index contributed by atoms with van der Waals surface area (Å²) >= 11 is -1.31. The highest BCUT2D eigenvalue weighted by Crippen LogP contribution is 2.40. The van der Waals surface area contributed by atoms with E-state index in [-0.39, 0.29) is 12.3 Å². The second kappa shape index (κ2) is 8.85. The third kappa shape index (κ3) is 5.58. The molecule has 158 valence electrons. The number of aromatic carboxylic acids is 1. The molecule has 1 N–H and O–H groups in total. The lowest BCUT2D eigenvalue weighted by Gasteiger charge is -2.50. The molecule has 0 spiro atoms. The Balaban J connectivity index is 2.26. The molecular formula is C20H33NO5SSi. The van der Waals surface area contributed by atoms with E-state index in [0.29, 0.717) is 19.8 Å². The van der Waals surface area contributed by atoms with Gasteiger partial charge in [0.1, 0.15) is 17.0 Å². The Morgan fingerprint density at radius 3 is 2.25 bits per heavy atom. The van der Waals surface area contributed by atoms with Gasteiger partial charge in [0, 0.05) is 26.0 Å². The highest BCUT2D eigenvalue weighted by Gasteiger charge is 2.54. The molecule has 1 aromatic carbocycles. The fraction of sp³-hybridized carbons (Fsp3) is 0.650. The summed E-state index contributed by atoms with van der Waals surface area (Å²) in [6.07, 6.45) is 0. The maximum absolute atomic E-state index is 13.4. The molecule has 28 heavy (non-hydrogen) atoms. The summed E-state index contributed by atoms with van der Waals surface area (Å²) in [5, 5.41) is 9.16. The van der Waals surface area contributed by atoms with Gasteiger partial charge in [0.2, 0.25) is 0 Å². The van der Waals surface area contributed by atoms with Crippen LogP contribution in [-0.4, -0.2) is 59.3 Å². The molecule has 1 aliphatic heterocycles. The van der Waals surface area contributed by atoms with Gasteiger partial charge in [-0.25, -0.2) is 4.79 Å². The van der Waals surface area contributed by atoms with Crippen molar-refractivity contribution in [2.24, 2.45) is 0 Å². The average Bonchev–Trinajstić information content (AvgIpc) is 2.54. The van der Waals surface area contributed by atoms with Gasteiger partial charge < -0.3 is 19.1 Å². The van der Waals surface area contributed by atoms with Crippen molar-refractivity contribution in [3.05, 3.63) is 35.4 Å². The third-order valence-electron chi connectivity index (χ3n) is 4.76. The van der Waals surface area contributed by atoms with Crippen molar-refractivity contribution in [2.45, 2.75) is 56.7 Å². The Kier molecular flexibility index (Phi) is 7.39. The molecule has 1 aliphatic rings. The molecule has 1 atom stereocenters. The van der Waals surface area contributed by atoms with E-state index in [4.69, 9.17) is 14.6 Å². The minimum atomic E-state index is -1.31. The van der Waals surface area contributed by atoms with Crippen molar-refractivity contribution in [1.82, 2.24) is 4.31 Å². The molecule has 1 saturated heterocycles. The molecule has 2 rings (SSSR count). The van der Waals surface area contributed by atoms with Gasteiger partial charge in [0.15, 0.2) is 0 Å². The maximum Gasteiger partial charge on any atom is 0.335 e. The highest BCUT2D eigenvalue weighted by molar-refractivity contribution is 7.90. The predicted molar refractivity (Wildman–Crippen MR) is 115 cm³/mol. The number of hydrogen-bond donors (Lipinski definition) is 1. The van der Waals surface area contributed by atoms with Gasteiger partial charge in [-0.05, 0) is 44.5 Å². The molecule has 1 fully saturated rings. The van der Waals surface area contributed by atoms with Crippen LogP contribution in [0.1, 0.15) is 36.7 Å². The summed E-state index contributed by atoms with van der Waals surface area (Å²) < 4.78 is 26.3. The summed E-state index contributed by atoms with van der Waals surface area (Å²) in [5.74, 6) is -0.963. The SMILES string of the molecule is CC(C)(C)[S+]([O-])N(COCC[Si](C)(C)C)C1(c2ccc(C(=O)O)cc2)COC1. The molecule has 1 heterocycles. The van der Waals surface area contributed by atoms with Crippen molar-refractivity contribution >= 4 is 25.4 Å². The van der Waals surface area contributed by atoms with Gasteiger partial charge >= 0.3 is 5.97 Å². The lowest BCUT2D eigenvalue weighted by atomic mass is 9.87. The first-order valence-electron chi connectivity index (χ1n) is 9.56. The van der Waals surface area contributed by atoms with E-state index in [1.54, 1.807) is 24.3 Å². The number of carboxylic acids is 1. The highest BCUT2D eigenvalue weighted by atomic mass is 32.2. The number of rotatable bonds is 9. The van der Waals surface area contributed by atoms with Crippen LogP contribution in [0.2, 0.25) is 25.7 Å². The standard InChI is InChI=1S/C20H33NO5SSi/c1-19(2,3)27(24)21(15-25-11-12-28(4,5)6)20(13-26-14-20)17-9-7-16(8-10-17)18(22)23/h7-10H,11-15H2,1-6H3,(H,22,23). The second-order valence-electron chi connectivity index (χ2n) is 9.49. The molecule has 0 aliphatic carbocycles. The van der Waals surface area contributed by atoms with Crippen LogP contribution in [0.3, 0.4) is 0 Å². The second-order valence-corrected chi connectivity index (χ2v) is 17.3. The zero-order chi connectivity index (χ0) is 21.2. The van der Waals surface area contributed by atoms with Gasteiger partial charge in [0.05, 0.1) is 18.8 Å². The first-order chi connectivity index (χ1) is 12.9. The van der Waals surface area contributed by atoms with E-state index >= 15 is 0 Å². The monoisotopic (exact) mass is 427 g/mol. The fourth-order valence-electron chi connectivity index (χ4n) is 2.86. The predicted octanol–water partition coefficient (Wildman–Crippen LogP) is 3.69. The Labute approximate surface area is 172 Å². The average molecular weight is 428 g/mol. The van der Waals surface area contributed by atoms with Crippen LogP contribution < -0.4 is 0 Å². The molecule has 0 saturated carbocycles. The van der Waals surface area contributed by atoms with Gasteiger partial charge in [-0.15, -0.1) is 0 Å². The van der Waals surface area contributed by atoms with E-state index in [0.717, 1.165) is 11.6 Å². The molecule has 0 aromatic heterocycles. The molecule has 6 nitrogen and oxygen atoms in total. The van der Waals surface area contributed by atoms with Crippen LogP contribution in [-0.2, 0) is 26.4 Å². The van der Waals surface area contributed by atoms with E-state index in [1.807, 2.05) is 25.1 Å². The Morgan fingerprint density at radius 1 is 1.29 bits per heavy atom. The zero-order valence-electron chi connectivity index (χ0n) is 17.8. The quantitative estimate of drug-likeness (QED) is 0.280. The number of benzene rings is 1. The smallest absolute Gasteiger partial charge is 0.335 e. The largest absolute Gasteiger partial charge is 0.597 e. The van der Waals surface area contributed by atoms with Crippen LogP contribution in [0.4, 0.5) is 0 Å². The number of hydrogen-bond acceptors (Lipinski definition) is 5. The van der Waals surface area contributed by atoms with Gasteiger partial charge in [-0.3, -0.25) is 0 Å². The molecule has 1 aromatic rings. The van der Waals surface area contributed by atoms with E-state index in [9.17, 15) is 9.35 Å². The van der Waals surface area contributed by atoms with Crippen molar-refractivity contribution < 1.29 is 23.9 Å². The van der Waals surface area contributed by atoms with Gasteiger partial charge in [-0.2, -0.15) is 0 Å². The van der Waals surface area contributed by atoms with E-state index in [2.05, 4.69) is 19.6 Å². The number of nitrogens with zero attached hydrogens (tertiary/aromatic N) is 1. The molecular weight excluding hydrogens is 394 g/mol. The third-order valence-corrected chi connectivity index (χ3v) is 8.36. The summed E-state index contributed by atoms with van der Waals surface area (Å²) in [6.45, 7) is 14.4. The molecule has 0 amide bonds. The number of ether oxygens (including phenoxy) is 2. The Morgan fingerprint density at radius 2 is 1.86 bits per heavy atom. The lowest BCUT2D eigenvalue weighted by Crippen LogP contribution is -2.64. The Bertz CT molecular complexity index is 665. The van der Waals surface area contributed by atoms with Crippen LogP contribution >= 0.6 is 0 Å². The first-order valence-corrected chi connectivity index (χ1v) is 14.4. The molecule has 8 heteroatoms. The van der Waals surface area contributed by atoms with Gasteiger partial charge in [-0.1, -0.05) is 36.1 Å². The topological polar surface area (TPSA) is 82.1 Å². The van der Waals surface area contributed by atoms with Crippen molar-refractivity contribution in [3.8, 4) is 0 Å². The molecule has 0 radical (unpaired) electrons. The number of carbonyl (C=O) groups is 1. The summed E-state index contributed by atoms with van der Waals surface area (Å²) in [4.78, 5) is 11.2. The number of carboxylic acid groups (broad SMARTS) is 1. The van der Waals surface area contributed by atoms with Crippen LogP contribution in [0.5, 0.6) is 0 Å². The summed E-state index contributed by atoms with van der Waals surface area (Å²) in [6, 6.07) is 7.80. The van der Waals surface area contributed by atoms with Crippen LogP contribution in [0.15, 0.2) is 24.3 Å². The summed E-state index contributed by atoms with van der Waals surface area (Å²) in [7, 11) is -1.21. The van der Waals surface area contributed by atoms with Crippen LogP contribution in [0.25, 0.3) is 0 Å². The van der Waals surface area contributed by atoms with Crippen LogP contribution in [0, 0.1) is 0 Å². The normalized spacial score (nSPS) is 18.0. The lowest BCUT2D eigenvalue weighted by molar-refractivity contribution is -0.139.